The number of hydrogen-bond acceptors (Lipinski definition) is 6. The van der Waals surface area contributed by atoms with Crippen LogP contribution in [-0.4, -0.2) is 30.1 Å². The zero-order valence-corrected chi connectivity index (χ0v) is 18.5. The molecule has 0 saturated carbocycles. The molecule has 3 aromatic rings. The summed E-state index contributed by atoms with van der Waals surface area (Å²) in [5, 5.41) is 3.81. The lowest BCUT2D eigenvalue weighted by molar-refractivity contribution is -0.116. The van der Waals surface area contributed by atoms with Gasteiger partial charge in [0.15, 0.2) is 16.7 Å². The van der Waals surface area contributed by atoms with Crippen LogP contribution in [0.4, 0.5) is 5.82 Å². The number of thioether (sulfide) groups is 1. The molecule has 0 spiro atoms. The second-order valence-electron chi connectivity index (χ2n) is 6.97. The van der Waals surface area contributed by atoms with E-state index in [-0.39, 0.29) is 23.7 Å². The van der Waals surface area contributed by atoms with Crippen LogP contribution in [0.5, 0.6) is 11.5 Å². The summed E-state index contributed by atoms with van der Waals surface area (Å²) >= 11 is 7.40. The predicted molar refractivity (Wildman–Crippen MR) is 121 cm³/mol. The first-order chi connectivity index (χ1) is 15.0. The Bertz CT molecular complexity index is 1200. The van der Waals surface area contributed by atoms with E-state index in [0.29, 0.717) is 33.0 Å². The molecule has 31 heavy (non-hydrogen) atoms. The number of fused-ring (bicyclic) bond motifs is 1. The number of hydrogen-bond donors (Lipinski definition) is 2. The fraction of sp³-hybridized carbons (Fsp3) is 0.227. The molecule has 1 aromatic heterocycles. The molecule has 0 fully saturated rings. The summed E-state index contributed by atoms with van der Waals surface area (Å²) in [6.07, 6.45) is 0.141. The van der Waals surface area contributed by atoms with Gasteiger partial charge in [-0.25, -0.2) is 4.98 Å². The van der Waals surface area contributed by atoms with E-state index in [1.54, 1.807) is 32.4 Å². The van der Waals surface area contributed by atoms with Crippen LogP contribution in [-0.2, 0) is 10.5 Å². The number of nitrogens with zero attached hydrogens (tertiary/aromatic N) is 1. The molecule has 160 valence electrons. The van der Waals surface area contributed by atoms with Gasteiger partial charge in [0.05, 0.1) is 19.8 Å². The number of carbonyl (C=O) groups is 1. The zero-order chi connectivity index (χ0) is 22.0. The zero-order valence-electron chi connectivity index (χ0n) is 16.9. The second-order valence-corrected chi connectivity index (χ2v) is 8.37. The monoisotopic (exact) mass is 457 g/mol. The molecule has 0 saturated heterocycles. The number of benzene rings is 2. The van der Waals surface area contributed by atoms with E-state index in [1.807, 2.05) is 24.3 Å². The van der Waals surface area contributed by atoms with Gasteiger partial charge in [-0.2, -0.15) is 0 Å². The average Bonchev–Trinajstić information content (AvgIpc) is 2.76. The van der Waals surface area contributed by atoms with Crippen molar-refractivity contribution in [1.82, 2.24) is 9.97 Å². The van der Waals surface area contributed by atoms with Crippen LogP contribution in [0.2, 0.25) is 5.02 Å². The van der Waals surface area contributed by atoms with Crippen LogP contribution in [0, 0.1) is 0 Å². The summed E-state index contributed by atoms with van der Waals surface area (Å²) in [6.45, 7) is 0. The minimum Gasteiger partial charge on any atom is -0.493 e. The van der Waals surface area contributed by atoms with E-state index in [9.17, 15) is 9.59 Å². The van der Waals surface area contributed by atoms with Gasteiger partial charge in [0.1, 0.15) is 5.82 Å². The average molecular weight is 458 g/mol. The summed E-state index contributed by atoms with van der Waals surface area (Å²) in [5.74, 6) is 1.34. The molecule has 2 N–H and O–H groups in total. The van der Waals surface area contributed by atoms with Gasteiger partial charge in [-0.3, -0.25) is 9.59 Å². The highest BCUT2D eigenvalue weighted by atomic mass is 35.5. The number of aromatic amines is 1. The minimum atomic E-state index is -0.438. The minimum absolute atomic E-state index is 0.141. The maximum Gasteiger partial charge on any atom is 0.257 e. The lowest BCUT2D eigenvalue weighted by Gasteiger charge is -2.25. The number of anilines is 1. The smallest absolute Gasteiger partial charge is 0.257 e. The van der Waals surface area contributed by atoms with Crippen LogP contribution < -0.4 is 20.3 Å². The maximum absolute atomic E-state index is 13.0. The summed E-state index contributed by atoms with van der Waals surface area (Å²) in [5.41, 5.74) is 1.93. The van der Waals surface area contributed by atoms with Crippen LogP contribution in [0.1, 0.15) is 29.0 Å². The fourth-order valence-electron chi connectivity index (χ4n) is 3.55. The number of ether oxygens (including phenoxy) is 2. The van der Waals surface area contributed by atoms with E-state index >= 15 is 0 Å². The number of H-pyrrole nitrogens is 1. The quantitative estimate of drug-likeness (QED) is 0.425. The van der Waals surface area contributed by atoms with Crippen LogP contribution in [0.3, 0.4) is 0 Å². The van der Waals surface area contributed by atoms with Crippen molar-refractivity contribution in [3.05, 3.63) is 74.5 Å². The number of amides is 1. The standard InChI is InChI=1S/C22H20ClN3O4S/c1-29-16-7-6-13(9-17(16)30-2)15-10-18(27)24-20-19(15)21(28)26-22(25-20)31-11-12-4-3-5-14(23)8-12/h3-9,15H,10-11H2,1-2H3,(H2,24,25,26,27,28)/t15-/m0/s1. The molecule has 2 aromatic carbocycles. The molecule has 0 aliphatic carbocycles. The molecular formula is C22H20ClN3O4S. The van der Waals surface area contributed by atoms with Gasteiger partial charge in [-0.05, 0) is 35.4 Å². The number of nitrogens with one attached hydrogen (secondary N) is 2. The molecule has 0 bridgehead atoms. The highest BCUT2D eigenvalue weighted by Gasteiger charge is 2.31. The van der Waals surface area contributed by atoms with Gasteiger partial charge in [-0.15, -0.1) is 0 Å². The molecule has 1 aliphatic heterocycles. The number of carbonyl (C=O) groups excluding carboxylic acids is 1. The van der Waals surface area contributed by atoms with Crippen molar-refractivity contribution >= 4 is 35.1 Å². The fourth-order valence-corrected chi connectivity index (χ4v) is 4.57. The van der Waals surface area contributed by atoms with E-state index in [1.165, 1.54) is 11.8 Å². The molecule has 1 amide bonds. The topological polar surface area (TPSA) is 93.3 Å². The number of aromatic nitrogens is 2. The van der Waals surface area contributed by atoms with E-state index in [4.69, 9.17) is 21.1 Å². The molecule has 1 aliphatic rings. The van der Waals surface area contributed by atoms with Gasteiger partial charge in [0.25, 0.3) is 5.56 Å². The van der Waals surface area contributed by atoms with Gasteiger partial charge in [-0.1, -0.05) is 41.6 Å². The summed E-state index contributed by atoms with van der Waals surface area (Å²) in [6, 6.07) is 12.9. The van der Waals surface area contributed by atoms with Crippen LogP contribution in [0.25, 0.3) is 0 Å². The SMILES string of the molecule is COc1ccc([C@@H]2CC(=O)Nc3nc(SCc4cccc(Cl)c4)[nH]c(=O)c32)cc1OC. The summed E-state index contributed by atoms with van der Waals surface area (Å²) in [7, 11) is 3.10. The largest absolute Gasteiger partial charge is 0.493 e. The van der Waals surface area contributed by atoms with Crippen molar-refractivity contribution in [1.29, 1.82) is 0 Å². The Balaban J connectivity index is 1.66. The number of halogens is 1. The van der Waals surface area contributed by atoms with Crippen molar-refractivity contribution in [2.75, 3.05) is 19.5 Å². The Labute approximate surface area is 188 Å². The van der Waals surface area contributed by atoms with Crippen molar-refractivity contribution in [3.8, 4) is 11.5 Å². The second kappa shape index (κ2) is 9.03. The molecule has 0 unspecified atom stereocenters. The molecule has 9 heteroatoms. The van der Waals surface area contributed by atoms with E-state index in [0.717, 1.165) is 11.1 Å². The van der Waals surface area contributed by atoms with Crippen LogP contribution >= 0.6 is 23.4 Å². The van der Waals surface area contributed by atoms with Gasteiger partial charge < -0.3 is 19.8 Å². The molecular weight excluding hydrogens is 438 g/mol. The first kappa shape index (κ1) is 21.3. The predicted octanol–water partition coefficient (Wildman–Crippen LogP) is 4.21. The highest BCUT2D eigenvalue weighted by molar-refractivity contribution is 7.98. The Morgan fingerprint density at radius 1 is 1.13 bits per heavy atom. The molecule has 4 rings (SSSR count). The number of rotatable bonds is 6. The Kier molecular flexibility index (Phi) is 6.20. The summed E-state index contributed by atoms with van der Waals surface area (Å²) in [4.78, 5) is 32.7. The van der Waals surface area contributed by atoms with E-state index in [2.05, 4.69) is 15.3 Å². The highest BCUT2D eigenvalue weighted by Crippen LogP contribution is 2.38. The Morgan fingerprint density at radius 3 is 2.68 bits per heavy atom. The Hall–Kier alpha value is -2.97. The van der Waals surface area contributed by atoms with Crippen LogP contribution in [0.15, 0.2) is 52.4 Å². The molecule has 7 nitrogen and oxygen atoms in total. The third kappa shape index (κ3) is 4.55. The normalized spacial score (nSPS) is 15.2. The van der Waals surface area contributed by atoms with Crippen molar-refractivity contribution in [2.45, 2.75) is 23.2 Å². The first-order valence-electron chi connectivity index (χ1n) is 9.51. The van der Waals surface area contributed by atoms with E-state index < -0.39 is 5.92 Å². The van der Waals surface area contributed by atoms with Crippen molar-refractivity contribution in [3.63, 3.8) is 0 Å². The van der Waals surface area contributed by atoms with Gasteiger partial charge in [0.2, 0.25) is 5.91 Å². The number of methoxy groups -OCH3 is 2. The van der Waals surface area contributed by atoms with Gasteiger partial charge >= 0.3 is 0 Å². The van der Waals surface area contributed by atoms with Crippen molar-refractivity contribution < 1.29 is 14.3 Å². The van der Waals surface area contributed by atoms with Gasteiger partial charge in [0, 0.05) is 23.1 Å². The lowest BCUT2D eigenvalue weighted by atomic mass is 9.86. The molecule has 2 heterocycles. The third-order valence-electron chi connectivity index (χ3n) is 5.00. The Morgan fingerprint density at radius 2 is 1.94 bits per heavy atom. The third-order valence-corrected chi connectivity index (χ3v) is 6.18. The summed E-state index contributed by atoms with van der Waals surface area (Å²) < 4.78 is 10.7. The molecule has 0 radical (unpaired) electrons. The maximum atomic E-state index is 13.0. The first-order valence-corrected chi connectivity index (χ1v) is 10.9. The molecule has 1 atom stereocenters. The lowest BCUT2D eigenvalue weighted by Crippen LogP contribution is -2.31. The van der Waals surface area contributed by atoms with Crippen molar-refractivity contribution in [2.24, 2.45) is 0 Å².